The van der Waals surface area contributed by atoms with Gasteiger partial charge in [-0.15, -0.1) is 0 Å². The Morgan fingerprint density at radius 2 is 2.42 bits per heavy atom. The molecular weight excluding hydrogens is 160 g/mol. The van der Waals surface area contributed by atoms with Crippen LogP contribution in [0.4, 0.5) is 5.88 Å². The lowest BCUT2D eigenvalue weighted by Crippen LogP contribution is -1.82. The van der Waals surface area contributed by atoms with Crippen LogP contribution in [0.5, 0.6) is 0 Å². The van der Waals surface area contributed by atoms with E-state index in [0.29, 0.717) is 0 Å². The quantitative estimate of drug-likeness (QED) is 0.378. The molecule has 0 bridgehead atoms. The van der Waals surface area contributed by atoms with Gasteiger partial charge in [0.2, 0.25) is 0 Å². The van der Waals surface area contributed by atoms with Crippen LogP contribution in [0.3, 0.4) is 0 Å². The minimum absolute atomic E-state index is 0.0723. The van der Waals surface area contributed by atoms with Crippen molar-refractivity contribution in [2.75, 3.05) is 0 Å². The molecular formula is C7H4N2O3. The Hall–Kier alpha value is -2.09. The Bertz CT molecular complexity index is 372. The van der Waals surface area contributed by atoms with Gasteiger partial charge in [-0.3, -0.25) is 10.1 Å². The van der Waals surface area contributed by atoms with Gasteiger partial charge in [-0.25, -0.2) is 0 Å². The summed E-state index contributed by atoms with van der Waals surface area (Å²) in [5, 5.41) is 18.5. The average Bonchev–Trinajstić information content (AvgIpc) is 2.51. The van der Waals surface area contributed by atoms with Gasteiger partial charge < -0.3 is 4.42 Å². The van der Waals surface area contributed by atoms with Crippen molar-refractivity contribution in [2.45, 2.75) is 0 Å². The van der Waals surface area contributed by atoms with E-state index < -0.39 is 4.92 Å². The molecule has 0 radical (unpaired) electrons. The lowest BCUT2D eigenvalue weighted by Gasteiger charge is -1.85. The molecule has 5 nitrogen and oxygen atoms in total. The summed E-state index contributed by atoms with van der Waals surface area (Å²) in [6.07, 6.45) is 0. The summed E-state index contributed by atoms with van der Waals surface area (Å²) in [6.45, 7) is 3.34. The third-order valence-corrected chi connectivity index (χ3v) is 1.20. The van der Waals surface area contributed by atoms with Gasteiger partial charge in [0.15, 0.2) is 5.76 Å². The van der Waals surface area contributed by atoms with Crippen LogP contribution in [0.1, 0.15) is 5.76 Å². The minimum Gasteiger partial charge on any atom is -0.400 e. The molecule has 0 amide bonds. The van der Waals surface area contributed by atoms with Gasteiger partial charge >= 0.3 is 5.88 Å². The maximum absolute atomic E-state index is 10.1. The zero-order valence-corrected chi connectivity index (χ0v) is 5.98. The molecule has 1 aromatic rings. The first-order valence-electron chi connectivity index (χ1n) is 2.98. The van der Waals surface area contributed by atoms with E-state index in [9.17, 15) is 10.1 Å². The number of furan rings is 1. The van der Waals surface area contributed by atoms with Gasteiger partial charge in [-0.05, 0) is 6.07 Å². The second-order valence-electron chi connectivity index (χ2n) is 1.99. The second-order valence-corrected chi connectivity index (χ2v) is 1.99. The van der Waals surface area contributed by atoms with Gasteiger partial charge in [-0.1, -0.05) is 6.58 Å². The van der Waals surface area contributed by atoms with Crippen molar-refractivity contribution in [1.82, 2.24) is 0 Å². The molecule has 60 valence electrons. The normalized spacial score (nSPS) is 8.92. The maximum atomic E-state index is 10.1. The van der Waals surface area contributed by atoms with Crippen LogP contribution >= 0.6 is 0 Å². The Kier molecular flexibility index (Phi) is 1.92. The molecule has 0 fully saturated rings. The summed E-state index contributed by atoms with van der Waals surface area (Å²) in [7, 11) is 0. The van der Waals surface area contributed by atoms with E-state index >= 15 is 0 Å². The summed E-state index contributed by atoms with van der Waals surface area (Å²) in [4.78, 5) is 9.45. The van der Waals surface area contributed by atoms with E-state index in [0.717, 1.165) is 0 Å². The summed E-state index contributed by atoms with van der Waals surface area (Å²) < 4.78 is 4.68. The van der Waals surface area contributed by atoms with Crippen LogP contribution in [0.25, 0.3) is 5.57 Å². The molecule has 0 saturated heterocycles. The fourth-order valence-electron chi connectivity index (χ4n) is 0.643. The lowest BCUT2D eigenvalue weighted by molar-refractivity contribution is -0.402. The number of hydrogen-bond acceptors (Lipinski definition) is 4. The highest BCUT2D eigenvalue weighted by Gasteiger charge is 2.12. The van der Waals surface area contributed by atoms with E-state index in [1.807, 2.05) is 0 Å². The Morgan fingerprint density at radius 1 is 1.75 bits per heavy atom. The van der Waals surface area contributed by atoms with E-state index in [-0.39, 0.29) is 17.2 Å². The first-order valence-corrected chi connectivity index (χ1v) is 2.98. The van der Waals surface area contributed by atoms with Crippen molar-refractivity contribution in [1.29, 1.82) is 5.26 Å². The number of hydrogen-bond donors (Lipinski definition) is 0. The molecule has 0 aliphatic heterocycles. The molecule has 0 atom stereocenters. The maximum Gasteiger partial charge on any atom is 0.433 e. The Morgan fingerprint density at radius 3 is 2.83 bits per heavy atom. The van der Waals surface area contributed by atoms with E-state index in [2.05, 4.69) is 11.0 Å². The molecule has 0 aliphatic rings. The van der Waals surface area contributed by atoms with Crippen molar-refractivity contribution in [3.8, 4) is 6.07 Å². The number of nitro groups is 1. The Balaban J connectivity index is 3.01. The third-order valence-electron chi connectivity index (χ3n) is 1.20. The molecule has 0 unspecified atom stereocenters. The number of nitriles is 1. The zero-order chi connectivity index (χ0) is 9.14. The van der Waals surface area contributed by atoms with E-state index in [4.69, 9.17) is 5.26 Å². The van der Waals surface area contributed by atoms with Crippen LogP contribution in [-0.2, 0) is 0 Å². The SMILES string of the molecule is C=C(C#N)c1ccc([N+](=O)[O-])o1. The predicted octanol–water partition coefficient (Wildman–Crippen LogP) is 1.72. The molecule has 0 saturated carbocycles. The molecule has 1 heterocycles. The highest BCUT2D eigenvalue weighted by molar-refractivity contribution is 5.71. The van der Waals surface area contributed by atoms with Crippen molar-refractivity contribution in [2.24, 2.45) is 0 Å². The van der Waals surface area contributed by atoms with Crippen LogP contribution in [-0.4, -0.2) is 4.92 Å². The number of rotatable bonds is 2. The second kappa shape index (κ2) is 2.88. The topological polar surface area (TPSA) is 80.1 Å². The number of nitrogens with zero attached hydrogens (tertiary/aromatic N) is 2. The third kappa shape index (κ3) is 1.32. The molecule has 1 aromatic heterocycles. The first kappa shape index (κ1) is 8.01. The van der Waals surface area contributed by atoms with Crippen molar-refractivity contribution >= 4 is 11.5 Å². The van der Waals surface area contributed by atoms with E-state index in [1.54, 1.807) is 6.07 Å². The van der Waals surface area contributed by atoms with Crippen molar-refractivity contribution in [3.05, 3.63) is 34.6 Å². The van der Waals surface area contributed by atoms with Crippen LogP contribution in [0, 0.1) is 21.4 Å². The predicted molar refractivity (Wildman–Crippen MR) is 40.0 cm³/mol. The lowest BCUT2D eigenvalue weighted by atomic mass is 10.3. The van der Waals surface area contributed by atoms with Gasteiger partial charge in [0, 0.05) is 0 Å². The number of allylic oxidation sites excluding steroid dienone is 1. The van der Waals surface area contributed by atoms with Crippen LogP contribution in [0.15, 0.2) is 23.1 Å². The molecule has 12 heavy (non-hydrogen) atoms. The van der Waals surface area contributed by atoms with Gasteiger partial charge in [0.05, 0.1) is 11.6 Å². The van der Waals surface area contributed by atoms with Crippen LogP contribution < -0.4 is 0 Å². The first-order chi connectivity index (χ1) is 5.65. The molecule has 0 aliphatic carbocycles. The summed E-state index contributed by atoms with van der Waals surface area (Å²) in [6, 6.07) is 4.24. The molecule has 0 spiro atoms. The highest BCUT2D eigenvalue weighted by Crippen LogP contribution is 2.20. The standard InChI is InChI=1S/C7H4N2O3/c1-5(4-8)6-2-3-7(12-6)9(10)11/h2-3H,1H2. The average molecular weight is 164 g/mol. The van der Waals surface area contributed by atoms with Crippen LogP contribution in [0.2, 0.25) is 0 Å². The zero-order valence-electron chi connectivity index (χ0n) is 5.98. The fraction of sp³-hybridized carbons (Fsp3) is 0. The minimum atomic E-state index is -0.672. The molecule has 1 rings (SSSR count). The van der Waals surface area contributed by atoms with Gasteiger partial charge in [0.1, 0.15) is 11.0 Å². The van der Waals surface area contributed by atoms with Gasteiger partial charge in [-0.2, -0.15) is 5.26 Å². The van der Waals surface area contributed by atoms with Crippen molar-refractivity contribution in [3.63, 3.8) is 0 Å². The van der Waals surface area contributed by atoms with Crippen molar-refractivity contribution < 1.29 is 9.34 Å². The molecule has 0 N–H and O–H groups in total. The van der Waals surface area contributed by atoms with E-state index in [1.165, 1.54) is 12.1 Å². The van der Waals surface area contributed by atoms with Gasteiger partial charge in [0.25, 0.3) is 0 Å². The Labute approximate surface area is 67.7 Å². The highest BCUT2D eigenvalue weighted by atomic mass is 16.6. The molecule has 5 heteroatoms. The fourth-order valence-corrected chi connectivity index (χ4v) is 0.643. The smallest absolute Gasteiger partial charge is 0.400 e. The summed E-state index contributed by atoms with van der Waals surface area (Å²) in [5.74, 6) is -0.259. The summed E-state index contributed by atoms with van der Waals surface area (Å²) >= 11 is 0. The largest absolute Gasteiger partial charge is 0.433 e. The monoisotopic (exact) mass is 164 g/mol. The summed E-state index contributed by atoms with van der Waals surface area (Å²) in [5.41, 5.74) is 0.0723. The molecule has 0 aromatic carbocycles.